The van der Waals surface area contributed by atoms with Crippen LogP contribution in [0.1, 0.15) is 0 Å². The molecule has 0 bridgehead atoms. The molecule has 0 aromatic rings. The maximum atomic E-state index is 10.8. The molecule has 4 nitrogen and oxygen atoms in total. The maximum Gasteiger partial charge on any atom is 0.350 e. The van der Waals surface area contributed by atoms with Gasteiger partial charge in [0, 0.05) is 5.75 Å². The molecule has 0 aliphatic heterocycles. The number of hydrogen-bond donors (Lipinski definition) is 3. The minimum absolute atomic E-state index is 0.0895. The Bertz CT molecular complexity index is 204. The molecule has 11 heavy (non-hydrogen) atoms. The van der Waals surface area contributed by atoms with Crippen molar-refractivity contribution in [2.45, 2.75) is 6.04 Å². The SMILES string of the molecule is N[C@@H](CS)C(=O)C(=S)C(=O)O. The zero-order chi connectivity index (χ0) is 9.02. The highest BCUT2D eigenvalue weighted by molar-refractivity contribution is 7.84. The van der Waals surface area contributed by atoms with Gasteiger partial charge in [0.1, 0.15) is 0 Å². The highest BCUT2D eigenvalue weighted by Gasteiger charge is 2.21. The first-order valence-electron chi connectivity index (χ1n) is 2.68. The topological polar surface area (TPSA) is 80.4 Å². The van der Waals surface area contributed by atoms with E-state index in [9.17, 15) is 9.59 Å². The van der Waals surface area contributed by atoms with Crippen LogP contribution in [0.25, 0.3) is 0 Å². The Morgan fingerprint density at radius 2 is 2.09 bits per heavy atom. The van der Waals surface area contributed by atoms with E-state index in [1.807, 2.05) is 0 Å². The molecular formula is C5H7NO3S2. The number of carbonyl (C=O) groups excluding carboxylic acids is 1. The quantitative estimate of drug-likeness (QED) is 0.311. The van der Waals surface area contributed by atoms with Gasteiger partial charge < -0.3 is 10.8 Å². The third-order valence-electron chi connectivity index (χ3n) is 0.952. The standard InChI is InChI=1S/C5H7NO3S2/c6-2(1-10)3(7)4(11)5(8)9/h2,10H,1,6H2,(H,8,9)/t2-/m0/s1. The summed E-state index contributed by atoms with van der Waals surface area (Å²) in [6.45, 7) is 0. The van der Waals surface area contributed by atoms with Crippen LogP contribution in [0.4, 0.5) is 0 Å². The van der Waals surface area contributed by atoms with Gasteiger partial charge in [-0.3, -0.25) is 4.79 Å². The molecule has 0 spiro atoms. The molecule has 0 unspecified atom stereocenters. The fourth-order valence-corrected chi connectivity index (χ4v) is 0.674. The number of nitrogens with two attached hydrogens (primary N) is 1. The van der Waals surface area contributed by atoms with Crippen molar-refractivity contribution in [2.24, 2.45) is 5.73 Å². The average molecular weight is 193 g/mol. The Hall–Kier alpha value is -0.460. The predicted octanol–water partition coefficient (Wildman–Crippen LogP) is -0.733. The molecule has 6 heteroatoms. The van der Waals surface area contributed by atoms with Gasteiger partial charge in [0.2, 0.25) is 0 Å². The molecule has 0 aliphatic carbocycles. The van der Waals surface area contributed by atoms with E-state index in [0.717, 1.165) is 0 Å². The summed E-state index contributed by atoms with van der Waals surface area (Å²) < 4.78 is 0. The molecule has 0 aliphatic rings. The number of hydrogen-bond acceptors (Lipinski definition) is 5. The molecule has 0 heterocycles. The van der Waals surface area contributed by atoms with Crippen molar-refractivity contribution in [2.75, 3.05) is 5.75 Å². The highest BCUT2D eigenvalue weighted by Crippen LogP contribution is 1.90. The summed E-state index contributed by atoms with van der Waals surface area (Å²) >= 11 is 8.00. The van der Waals surface area contributed by atoms with E-state index in [4.69, 9.17) is 10.8 Å². The van der Waals surface area contributed by atoms with E-state index in [-0.39, 0.29) is 5.75 Å². The monoisotopic (exact) mass is 193 g/mol. The fourth-order valence-electron chi connectivity index (χ4n) is 0.357. The number of aliphatic carboxylic acids is 1. The summed E-state index contributed by atoms with van der Waals surface area (Å²) in [7, 11) is 0. The lowest BCUT2D eigenvalue weighted by Crippen LogP contribution is -2.39. The zero-order valence-corrected chi connectivity index (χ0v) is 7.19. The largest absolute Gasteiger partial charge is 0.477 e. The molecule has 0 rings (SSSR count). The molecule has 0 saturated carbocycles. The number of ketones is 1. The lowest BCUT2D eigenvalue weighted by atomic mass is 10.2. The normalized spacial score (nSPS) is 12.2. The van der Waals surface area contributed by atoms with Crippen molar-refractivity contribution in [1.29, 1.82) is 0 Å². The third-order valence-corrected chi connectivity index (χ3v) is 1.72. The van der Waals surface area contributed by atoms with E-state index < -0.39 is 22.7 Å². The summed E-state index contributed by atoms with van der Waals surface area (Å²) in [5.74, 6) is -2.07. The van der Waals surface area contributed by atoms with Gasteiger partial charge in [-0.15, -0.1) is 0 Å². The fraction of sp³-hybridized carbons (Fsp3) is 0.400. The van der Waals surface area contributed by atoms with Gasteiger partial charge >= 0.3 is 5.97 Å². The summed E-state index contributed by atoms with van der Waals surface area (Å²) in [6.07, 6.45) is 0. The van der Waals surface area contributed by atoms with Crippen molar-refractivity contribution in [3.05, 3.63) is 0 Å². The van der Waals surface area contributed by atoms with Gasteiger partial charge in [0.05, 0.1) is 6.04 Å². The first-order valence-corrected chi connectivity index (χ1v) is 3.72. The van der Waals surface area contributed by atoms with E-state index in [1.54, 1.807) is 0 Å². The molecule has 0 radical (unpaired) electrons. The van der Waals surface area contributed by atoms with Crippen molar-refractivity contribution in [1.82, 2.24) is 0 Å². The summed E-state index contributed by atoms with van der Waals surface area (Å²) in [5.41, 5.74) is 5.18. The molecule has 3 N–H and O–H groups in total. The van der Waals surface area contributed by atoms with E-state index in [1.165, 1.54) is 0 Å². The Morgan fingerprint density at radius 3 is 2.36 bits per heavy atom. The van der Waals surface area contributed by atoms with Crippen LogP contribution in [-0.2, 0) is 9.59 Å². The van der Waals surface area contributed by atoms with Crippen LogP contribution >= 0.6 is 24.8 Å². The van der Waals surface area contributed by atoms with Gasteiger partial charge in [-0.05, 0) is 0 Å². The van der Waals surface area contributed by atoms with Gasteiger partial charge in [0.15, 0.2) is 10.6 Å². The molecule has 0 fully saturated rings. The minimum Gasteiger partial charge on any atom is -0.477 e. The zero-order valence-electron chi connectivity index (χ0n) is 5.48. The van der Waals surface area contributed by atoms with Crippen molar-refractivity contribution >= 4 is 41.5 Å². The minimum atomic E-state index is -1.41. The number of thiol groups is 1. The average Bonchev–Trinajstić information content (AvgIpc) is 2.00. The Morgan fingerprint density at radius 1 is 1.64 bits per heavy atom. The van der Waals surface area contributed by atoms with Crippen LogP contribution in [0.5, 0.6) is 0 Å². The van der Waals surface area contributed by atoms with Crippen LogP contribution in [0.3, 0.4) is 0 Å². The Balaban J connectivity index is 4.26. The second-order valence-electron chi connectivity index (χ2n) is 1.79. The van der Waals surface area contributed by atoms with Crippen LogP contribution in [0.15, 0.2) is 0 Å². The van der Waals surface area contributed by atoms with Gasteiger partial charge in [0.25, 0.3) is 0 Å². The van der Waals surface area contributed by atoms with E-state index >= 15 is 0 Å². The molecule has 1 atom stereocenters. The second-order valence-corrected chi connectivity index (χ2v) is 2.56. The Kier molecular flexibility index (Phi) is 4.24. The number of Topliss-reactive ketones (excluding diaryl/α,β-unsaturated/α-hetero) is 1. The second kappa shape index (κ2) is 4.42. The molecule has 0 amide bonds. The van der Waals surface area contributed by atoms with Crippen molar-refractivity contribution < 1.29 is 14.7 Å². The highest BCUT2D eigenvalue weighted by atomic mass is 32.1. The van der Waals surface area contributed by atoms with Crippen molar-refractivity contribution in [3.63, 3.8) is 0 Å². The number of carboxylic acid groups (broad SMARTS) is 1. The first kappa shape index (κ1) is 10.5. The van der Waals surface area contributed by atoms with Gasteiger partial charge in [-0.25, -0.2) is 4.79 Å². The first-order chi connectivity index (χ1) is 5.00. The van der Waals surface area contributed by atoms with E-state index in [2.05, 4.69) is 24.8 Å². The third kappa shape index (κ3) is 2.96. The number of carboxylic acids is 1. The molecular weight excluding hydrogens is 186 g/mol. The van der Waals surface area contributed by atoms with E-state index in [0.29, 0.717) is 0 Å². The lowest BCUT2D eigenvalue weighted by molar-refractivity contribution is -0.130. The summed E-state index contributed by atoms with van der Waals surface area (Å²) in [5, 5.41) is 8.25. The Labute approximate surface area is 74.2 Å². The lowest BCUT2D eigenvalue weighted by Gasteiger charge is -2.03. The van der Waals surface area contributed by atoms with Crippen LogP contribution < -0.4 is 5.73 Å². The van der Waals surface area contributed by atoms with Crippen molar-refractivity contribution in [3.8, 4) is 0 Å². The summed E-state index contributed by atoms with van der Waals surface area (Å²) in [6, 6.07) is -0.915. The summed E-state index contributed by atoms with van der Waals surface area (Å²) in [4.78, 5) is 20.3. The van der Waals surface area contributed by atoms with Crippen LogP contribution in [0.2, 0.25) is 0 Å². The smallest absolute Gasteiger partial charge is 0.350 e. The number of rotatable bonds is 4. The maximum absolute atomic E-state index is 10.8. The van der Waals surface area contributed by atoms with Crippen LogP contribution in [-0.4, -0.2) is 33.5 Å². The molecule has 0 aromatic heterocycles. The molecule has 0 saturated heterocycles. The number of carbonyl (C=O) groups is 2. The molecule has 62 valence electrons. The number of thiocarbonyl (C=S) groups is 1. The van der Waals surface area contributed by atoms with Gasteiger partial charge in [-0.2, -0.15) is 12.6 Å². The van der Waals surface area contributed by atoms with Crippen LogP contribution in [0, 0.1) is 0 Å². The van der Waals surface area contributed by atoms with Gasteiger partial charge in [-0.1, -0.05) is 12.2 Å². The predicted molar refractivity (Wildman–Crippen MR) is 47.1 cm³/mol. The molecule has 0 aromatic carbocycles.